The molecule has 0 saturated carbocycles. The summed E-state index contributed by atoms with van der Waals surface area (Å²) in [6.07, 6.45) is 1.76. The van der Waals surface area contributed by atoms with Crippen LogP contribution in [-0.2, 0) is 13.1 Å². The molecule has 0 atom stereocenters. The Labute approximate surface area is 204 Å². The predicted molar refractivity (Wildman–Crippen MR) is 144 cm³/mol. The third-order valence-electron chi connectivity index (χ3n) is 6.76. The number of amides is 1. The summed E-state index contributed by atoms with van der Waals surface area (Å²) >= 11 is 0. The monoisotopic (exact) mass is 455 g/mol. The second-order valence-corrected chi connectivity index (χ2v) is 9.11. The molecule has 0 fully saturated rings. The number of carbonyl (C=O) groups is 1. The fraction of sp³-hybridized carbons (Fsp3) is 0.0968. The number of hydrogen-bond acceptors (Lipinski definition) is 3. The van der Waals surface area contributed by atoms with Crippen LogP contribution >= 0.6 is 0 Å². The van der Waals surface area contributed by atoms with E-state index in [-0.39, 0.29) is 5.91 Å². The van der Waals surface area contributed by atoms with Gasteiger partial charge in [-0.05, 0) is 69.9 Å². The number of rotatable bonds is 4. The third kappa shape index (κ3) is 4.04. The number of nitrogens with zero attached hydrogens (tertiary/aromatic N) is 2. The summed E-state index contributed by atoms with van der Waals surface area (Å²) in [6.45, 7) is 3.75. The summed E-state index contributed by atoms with van der Waals surface area (Å²) in [6, 6.07) is 33.2. The lowest BCUT2D eigenvalue weighted by Crippen LogP contribution is -2.18. The number of aryl methyl sites for hydroxylation is 1. The maximum atomic E-state index is 12.9. The van der Waals surface area contributed by atoms with Crippen molar-refractivity contribution in [2.45, 2.75) is 20.0 Å². The first-order valence-corrected chi connectivity index (χ1v) is 11.8. The molecule has 1 aliphatic heterocycles. The Kier molecular flexibility index (Phi) is 5.27. The summed E-state index contributed by atoms with van der Waals surface area (Å²) < 4.78 is 0. The largest absolute Gasteiger partial charge is 0.363 e. The number of hydrazone groups is 1. The number of benzene rings is 5. The van der Waals surface area contributed by atoms with Crippen LogP contribution in [0.5, 0.6) is 0 Å². The van der Waals surface area contributed by atoms with Crippen molar-refractivity contribution >= 4 is 39.4 Å². The third-order valence-corrected chi connectivity index (χ3v) is 6.76. The first-order valence-electron chi connectivity index (χ1n) is 11.8. The molecule has 0 aliphatic carbocycles. The zero-order valence-electron chi connectivity index (χ0n) is 19.5. The Balaban J connectivity index is 1.22. The van der Waals surface area contributed by atoms with Crippen molar-refractivity contribution in [2.24, 2.45) is 5.10 Å². The summed E-state index contributed by atoms with van der Waals surface area (Å²) in [7, 11) is 0. The van der Waals surface area contributed by atoms with Crippen LogP contribution in [0.25, 0.3) is 21.5 Å². The van der Waals surface area contributed by atoms with Crippen molar-refractivity contribution < 1.29 is 4.79 Å². The second kappa shape index (κ2) is 8.73. The van der Waals surface area contributed by atoms with Crippen molar-refractivity contribution in [3.63, 3.8) is 0 Å². The van der Waals surface area contributed by atoms with Crippen molar-refractivity contribution in [1.29, 1.82) is 0 Å². The normalized spacial score (nSPS) is 13.0. The van der Waals surface area contributed by atoms with Crippen molar-refractivity contribution in [3.8, 4) is 0 Å². The minimum Gasteiger partial charge on any atom is -0.363 e. The minimum atomic E-state index is -0.206. The van der Waals surface area contributed by atoms with E-state index in [9.17, 15) is 4.79 Å². The Morgan fingerprint density at radius 2 is 1.46 bits per heavy atom. The highest BCUT2D eigenvalue weighted by atomic mass is 16.2. The smallest absolute Gasteiger partial charge is 0.271 e. The number of fused-ring (bicyclic) bond motifs is 3. The van der Waals surface area contributed by atoms with E-state index in [1.807, 2.05) is 36.4 Å². The molecule has 0 spiro atoms. The average molecular weight is 456 g/mol. The van der Waals surface area contributed by atoms with Crippen LogP contribution in [0.15, 0.2) is 102 Å². The van der Waals surface area contributed by atoms with Crippen LogP contribution in [0, 0.1) is 6.92 Å². The van der Waals surface area contributed by atoms with E-state index in [0.717, 1.165) is 40.2 Å². The van der Waals surface area contributed by atoms with Crippen LogP contribution in [0.3, 0.4) is 0 Å². The number of carbonyl (C=O) groups excluding carboxylic acids is 1. The van der Waals surface area contributed by atoms with E-state index < -0.39 is 0 Å². The molecule has 0 radical (unpaired) electrons. The van der Waals surface area contributed by atoms with Gasteiger partial charge in [0.05, 0.1) is 6.21 Å². The van der Waals surface area contributed by atoms with Gasteiger partial charge in [-0.3, -0.25) is 4.79 Å². The summed E-state index contributed by atoms with van der Waals surface area (Å²) in [5, 5.41) is 8.86. The van der Waals surface area contributed by atoms with Crippen LogP contribution in [0.2, 0.25) is 0 Å². The predicted octanol–water partition coefficient (Wildman–Crippen LogP) is 6.59. The topological polar surface area (TPSA) is 44.7 Å². The Morgan fingerprint density at radius 3 is 2.17 bits per heavy atom. The SMILES string of the molecule is Cc1ccc(N2Cc3ccc(C(=O)N/N=C/c4c5ccccc5cc5ccccc45)cc3C2)cc1. The lowest BCUT2D eigenvalue weighted by molar-refractivity contribution is 0.0955. The van der Waals surface area contributed by atoms with Gasteiger partial charge in [0.15, 0.2) is 0 Å². The zero-order valence-corrected chi connectivity index (χ0v) is 19.5. The van der Waals surface area contributed by atoms with Gasteiger partial charge in [0, 0.05) is 29.9 Å². The standard InChI is InChI=1S/C31H25N3O/c1-21-10-14-27(15-11-21)34-19-25-13-12-24(17-26(25)20-34)31(35)33-32-18-30-28-8-4-2-6-22(28)16-23-7-3-5-9-29(23)30/h2-18H,19-20H2,1H3,(H,33,35)/b32-18+. The molecule has 0 aromatic heterocycles. The molecular weight excluding hydrogens is 430 g/mol. The van der Waals surface area contributed by atoms with Crippen LogP contribution in [0.1, 0.15) is 32.6 Å². The molecule has 0 unspecified atom stereocenters. The molecule has 1 amide bonds. The molecule has 35 heavy (non-hydrogen) atoms. The molecule has 5 aromatic rings. The number of nitrogens with one attached hydrogen (secondary N) is 1. The summed E-state index contributed by atoms with van der Waals surface area (Å²) in [5.74, 6) is -0.206. The van der Waals surface area contributed by atoms with Gasteiger partial charge in [-0.15, -0.1) is 0 Å². The first-order chi connectivity index (χ1) is 17.2. The van der Waals surface area contributed by atoms with Crippen LogP contribution < -0.4 is 10.3 Å². The summed E-state index contributed by atoms with van der Waals surface area (Å²) in [5.41, 5.74) is 9.25. The molecule has 0 bridgehead atoms. The van der Waals surface area contributed by atoms with Gasteiger partial charge in [0.1, 0.15) is 0 Å². The highest BCUT2D eigenvalue weighted by Gasteiger charge is 2.20. The quantitative estimate of drug-likeness (QED) is 0.189. The van der Waals surface area contributed by atoms with Gasteiger partial charge in [-0.2, -0.15) is 5.10 Å². The average Bonchev–Trinajstić information content (AvgIpc) is 3.32. The van der Waals surface area contributed by atoms with E-state index in [0.29, 0.717) is 5.56 Å². The van der Waals surface area contributed by atoms with E-state index in [1.165, 1.54) is 22.4 Å². The van der Waals surface area contributed by atoms with Gasteiger partial charge in [-0.1, -0.05) is 72.3 Å². The number of hydrogen-bond donors (Lipinski definition) is 1. The Bertz CT molecular complexity index is 1550. The maximum Gasteiger partial charge on any atom is 0.271 e. The van der Waals surface area contributed by atoms with Crippen LogP contribution in [-0.4, -0.2) is 12.1 Å². The second-order valence-electron chi connectivity index (χ2n) is 9.11. The molecule has 4 nitrogen and oxygen atoms in total. The minimum absolute atomic E-state index is 0.206. The zero-order chi connectivity index (χ0) is 23.8. The van der Waals surface area contributed by atoms with Gasteiger partial charge in [0.2, 0.25) is 0 Å². The van der Waals surface area contributed by atoms with Gasteiger partial charge in [0.25, 0.3) is 5.91 Å². The molecule has 6 rings (SSSR count). The molecule has 1 N–H and O–H groups in total. The lowest BCUT2D eigenvalue weighted by atomic mass is 9.97. The highest BCUT2D eigenvalue weighted by Crippen LogP contribution is 2.29. The van der Waals surface area contributed by atoms with E-state index in [2.05, 4.69) is 83.0 Å². The molecular formula is C31H25N3O. The molecule has 5 aromatic carbocycles. The lowest BCUT2D eigenvalue weighted by Gasteiger charge is -2.17. The van der Waals surface area contributed by atoms with Gasteiger partial charge in [-0.25, -0.2) is 5.43 Å². The van der Waals surface area contributed by atoms with Gasteiger partial charge < -0.3 is 4.90 Å². The van der Waals surface area contributed by atoms with Crippen LogP contribution in [0.4, 0.5) is 5.69 Å². The maximum absolute atomic E-state index is 12.9. The molecule has 170 valence electrons. The Morgan fingerprint density at radius 1 is 0.800 bits per heavy atom. The highest BCUT2D eigenvalue weighted by molar-refractivity contribution is 6.13. The molecule has 1 aliphatic rings. The Hall–Kier alpha value is -4.44. The first kappa shape index (κ1) is 21.1. The fourth-order valence-corrected chi connectivity index (χ4v) is 4.88. The number of anilines is 1. The fourth-order valence-electron chi connectivity index (χ4n) is 4.88. The van der Waals surface area contributed by atoms with Crippen molar-refractivity contribution in [3.05, 3.63) is 125 Å². The van der Waals surface area contributed by atoms with Gasteiger partial charge >= 0.3 is 0 Å². The van der Waals surface area contributed by atoms with E-state index in [1.54, 1.807) is 6.21 Å². The van der Waals surface area contributed by atoms with Crippen molar-refractivity contribution in [1.82, 2.24) is 5.43 Å². The summed E-state index contributed by atoms with van der Waals surface area (Å²) in [4.78, 5) is 15.2. The molecule has 4 heteroatoms. The molecule has 0 saturated heterocycles. The molecule has 1 heterocycles. The van der Waals surface area contributed by atoms with E-state index in [4.69, 9.17) is 0 Å². The van der Waals surface area contributed by atoms with E-state index >= 15 is 0 Å². The van der Waals surface area contributed by atoms with Crippen molar-refractivity contribution in [2.75, 3.05) is 4.90 Å².